The maximum absolute atomic E-state index is 12.6. The third-order valence-corrected chi connectivity index (χ3v) is 6.61. The number of carbonyl (C=O) groups excluding carboxylic acids is 3. The van der Waals surface area contributed by atoms with Gasteiger partial charge >= 0.3 is 5.97 Å². The van der Waals surface area contributed by atoms with Gasteiger partial charge in [-0.3, -0.25) is 14.4 Å². The molecule has 30 heavy (non-hydrogen) atoms. The summed E-state index contributed by atoms with van der Waals surface area (Å²) in [6, 6.07) is 5.02. The molecule has 3 rings (SSSR count). The number of methoxy groups -OCH3 is 2. The number of hydrogen-bond donors (Lipinski definition) is 0. The van der Waals surface area contributed by atoms with Crippen molar-refractivity contribution < 1.29 is 28.6 Å². The lowest BCUT2D eigenvalue weighted by atomic mass is 9.77. The van der Waals surface area contributed by atoms with Crippen molar-refractivity contribution in [2.45, 2.75) is 45.6 Å². The molecule has 1 heterocycles. The van der Waals surface area contributed by atoms with Crippen LogP contribution in [0.15, 0.2) is 18.2 Å². The Bertz CT molecular complexity index is 807. The highest BCUT2D eigenvalue weighted by molar-refractivity contribution is 6.00. The zero-order valence-electron chi connectivity index (χ0n) is 18.2. The number of rotatable bonds is 7. The normalized spacial score (nSPS) is 26.4. The Labute approximate surface area is 177 Å². The van der Waals surface area contributed by atoms with Gasteiger partial charge in [-0.1, -0.05) is 26.7 Å². The van der Waals surface area contributed by atoms with E-state index >= 15 is 0 Å². The molecular formula is C23H31NO6. The van der Waals surface area contributed by atoms with Crippen molar-refractivity contribution in [2.75, 3.05) is 27.4 Å². The smallest absolute Gasteiger partial charge is 0.311 e. The Morgan fingerprint density at radius 1 is 1.13 bits per heavy atom. The van der Waals surface area contributed by atoms with Crippen LogP contribution in [0.4, 0.5) is 0 Å². The minimum atomic E-state index is -0.521. The average Bonchev–Trinajstić information content (AvgIpc) is 3.14. The summed E-state index contributed by atoms with van der Waals surface area (Å²) in [5.41, 5.74) is 0.320. The standard InChI is InChI=1S/C23H31NO6/c1-14-6-5-7-19(15(14)2)24-12-16(10-22(24)26)23(27)30-13-20(25)18-9-8-17(28-3)11-21(18)29-4/h8-9,11,14-16,19H,5-7,10,12-13H2,1-4H3/t14-,15-,16-,19+/m1/s1. The summed E-state index contributed by atoms with van der Waals surface area (Å²) in [4.78, 5) is 39.5. The number of likely N-dealkylation sites (tertiary alicyclic amines) is 1. The molecule has 1 amide bonds. The highest BCUT2D eigenvalue weighted by atomic mass is 16.5. The molecule has 164 valence electrons. The summed E-state index contributed by atoms with van der Waals surface area (Å²) in [6.07, 6.45) is 3.42. The lowest BCUT2D eigenvalue weighted by molar-refractivity contribution is -0.147. The lowest BCUT2D eigenvalue weighted by Gasteiger charge is -2.39. The number of esters is 1. The second kappa shape index (κ2) is 9.49. The van der Waals surface area contributed by atoms with Gasteiger partial charge in [0.05, 0.1) is 25.7 Å². The van der Waals surface area contributed by atoms with E-state index in [-0.39, 0.29) is 30.8 Å². The largest absolute Gasteiger partial charge is 0.497 e. The van der Waals surface area contributed by atoms with Crippen molar-refractivity contribution in [1.82, 2.24) is 4.90 Å². The van der Waals surface area contributed by atoms with Gasteiger partial charge in [0, 0.05) is 25.1 Å². The highest BCUT2D eigenvalue weighted by Gasteiger charge is 2.42. The molecule has 7 heteroatoms. The van der Waals surface area contributed by atoms with Crippen LogP contribution >= 0.6 is 0 Å². The zero-order chi connectivity index (χ0) is 21.8. The summed E-state index contributed by atoms with van der Waals surface area (Å²) in [6.45, 7) is 4.40. The molecule has 1 saturated heterocycles. The Hall–Kier alpha value is -2.57. The van der Waals surface area contributed by atoms with E-state index < -0.39 is 11.9 Å². The molecule has 7 nitrogen and oxygen atoms in total. The number of carbonyl (C=O) groups is 3. The van der Waals surface area contributed by atoms with E-state index in [1.54, 1.807) is 18.2 Å². The highest BCUT2D eigenvalue weighted by Crippen LogP contribution is 2.36. The second-order valence-electron chi connectivity index (χ2n) is 8.38. The Morgan fingerprint density at radius 3 is 2.60 bits per heavy atom. The van der Waals surface area contributed by atoms with Crippen molar-refractivity contribution in [3.63, 3.8) is 0 Å². The number of benzene rings is 1. The molecule has 1 aliphatic carbocycles. The number of ether oxygens (including phenoxy) is 3. The van der Waals surface area contributed by atoms with Gasteiger partial charge in [-0.15, -0.1) is 0 Å². The summed E-state index contributed by atoms with van der Waals surface area (Å²) in [5.74, 6) is 0.538. The molecule has 1 saturated carbocycles. The number of ketones is 1. The minimum Gasteiger partial charge on any atom is -0.497 e. The van der Waals surface area contributed by atoms with Crippen LogP contribution in [0.25, 0.3) is 0 Å². The molecule has 1 aromatic rings. The topological polar surface area (TPSA) is 82.1 Å². The molecule has 4 atom stereocenters. The lowest BCUT2D eigenvalue weighted by Crippen LogP contribution is -2.45. The van der Waals surface area contributed by atoms with Gasteiger partial charge in [-0.2, -0.15) is 0 Å². The monoisotopic (exact) mass is 417 g/mol. The average molecular weight is 418 g/mol. The molecule has 1 aliphatic heterocycles. The fourth-order valence-electron chi connectivity index (χ4n) is 4.56. The van der Waals surface area contributed by atoms with Crippen molar-refractivity contribution in [2.24, 2.45) is 17.8 Å². The van der Waals surface area contributed by atoms with Gasteiger partial charge in [0.2, 0.25) is 11.7 Å². The van der Waals surface area contributed by atoms with Crippen molar-refractivity contribution in [3.8, 4) is 11.5 Å². The SMILES string of the molecule is COc1ccc(C(=O)COC(=O)[C@@H]2CC(=O)N([C@H]3CCC[C@@H](C)[C@H]3C)C2)c(OC)c1. The third kappa shape index (κ3) is 4.60. The molecule has 0 radical (unpaired) electrons. The van der Waals surface area contributed by atoms with Crippen LogP contribution in [0, 0.1) is 17.8 Å². The first-order valence-corrected chi connectivity index (χ1v) is 10.6. The molecule has 0 unspecified atom stereocenters. The maximum Gasteiger partial charge on any atom is 0.311 e. The quantitative estimate of drug-likeness (QED) is 0.501. The van der Waals surface area contributed by atoms with E-state index in [9.17, 15) is 14.4 Å². The van der Waals surface area contributed by atoms with Crippen LogP contribution in [0.1, 0.15) is 49.9 Å². The zero-order valence-corrected chi connectivity index (χ0v) is 18.2. The molecule has 1 aromatic carbocycles. The fraction of sp³-hybridized carbons (Fsp3) is 0.609. The summed E-state index contributed by atoms with van der Waals surface area (Å²) in [5, 5.41) is 0. The molecular weight excluding hydrogens is 386 g/mol. The van der Waals surface area contributed by atoms with E-state index in [1.165, 1.54) is 20.6 Å². The Kier molecular flexibility index (Phi) is 7.00. The second-order valence-corrected chi connectivity index (χ2v) is 8.38. The van der Waals surface area contributed by atoms with E-state index in [1.807, 2.05) is 4.90 Å². The first kappa shape index (κ1) is 22.1. The van der Waals surface area contributed by atoms with Gasteiger partial charge < -0.3 is 19.1 Å². The van der Waals surface area contributed by atoms with E-state index in [2.05, 4.69) is 13.8 Å². The Balaban J connectivity index is 1.58. The predicted octanol–water partition coefficient (Wildman–Crippen LogP) is 3.10. The van der Waals surface area contributed by atoms with Crippen LogP contribution in [0.2, 0.25) is 0 Å². The van der Waals surface area contributed by atoms with E-state index in [0.29, 0.717) is 35.4 Å². The first-order chi connectivity index (χ1) is 14.3. The van der Waals surface area contributed by atoms with Crippen LogP contribution < -0.4 is 9.47 Å². The van der Waals surface area contributed by atoms with Gasteiger partial charge in [0.1, 0.15) is 11.5 Å². The number of amides is 1. The van der Waals surface area contributed by atoms with Gasteiger partial charge in [-0.25, -0.2) is 0 Å². The molecule has 0 spiro atoms. The maximum atomic E-state index is 12.6. The summed E-state index contributed by atoms with van der Waals surface area (Å²) < 4.78 is 15.6. The molecule has 0 aromatic heterocycles. The van der Waals surface area contributed by atoms with Gasteiger partial charge in [0.25, 0.3) is 0 Å². The number of hydrogen-bond acceptors (Lipinski definition) is 6. The molecule has 2 fully saturated rings. The van der Waals surface area contributed by atoms with Crippen LogP contribution in [-0.4, -0.2) is 56.0 Å². The van der Waals surface area contributed by atoms with Gasteiger partial charge in [-0.05, 0) is 30.4 Å². The Morgan fingerprint density at radius 2 is 1.90 bits per heavy atom. The fourth-order valence-corrected chi connectivity index (χ4v) is 4.56. The van der Waals surface area contributed by atoms with E-state index in [4.69, 9.17) is 14.2 Å². The van der Waals surface area contributed by atoms with Crippen molar-refractivity contribution in [1.29, 1.82) is 0 Å². The van der Waals surface area contributed by atoms with Crippen molar-refractivity contribution >= 4 is 17.7 Å². The molecule has 0 bridgehead atoms. The molecule has 2 aliphatic rings. The summed E-state index contributed by atoms with van der Waals surface area (Å²) in [7, 11) is 2.99. The van der Waals surface area contributed by atoms with Crippen LogP contribution in [0.3, 0.4) is 0 Å². The van der Waals surface area contributed by atoms with Crippen molar-refractivity contribution in [3.05, 3.63) is 23.8 Å². The van der Waals surface area contributed by atoms with E-state index in [0.717, 1.165) is 12.8 Å². The molecule has 0 N–H and O–H groups in total. The number of nitrogens with zero attached hydrogens (tertiary/aromatic N) is 1. The van der Waals surface area contributed by atoms with Gasteiger partial charge in [0.15, 0.2) is 6.61 Å². The summed E-state index contributed by atoms with van der Waals surface area (Å²) >= 11 is 0. The number of Topliss-reactive ketones (excluding diaryl/α,β-unsaturated/α-hetero) is 1. The minimum absolute atomic E-state index is 0.00560. The predicted molar refractivity (Wildman–Crippen MR) is 111 cm³/mol. The van der Waals surface area contributed by atoms with Crippen LogP contribution in [-0.2, 0) is 14.3 Å². The third-order valence-electron chi connectivity index (χ3n) is 6.61. The van der Waals surface area contributed by atoms with Crippen LogP contribution in [0.5, 0.6) is 11.5 Å². The first-order valence-electron chi connectivity index (χ1n) is 10.6.